The molecule has 2 nitrogen and oxygen atoms in total. The van der Waals surface area contributed by atoms with E-state index in [0.29, 0.717) is 0 Å². The number of hydrogen-bond acceptors (Lipinski definition) is 2. The van der Waals surface area contributed by atoms with Crippen molar-refractivity contribution in [2.75, 3.05) is 0 Å². The Morgan fingerprint density at radius 3 is 2.16 bits per heavy atom. The summed E-state index contributed by atoms with van der Waals surface area (Å²) < 4.78 is 5.48. The van der Waals surface area contributed by atoms with Crippen molar-refractivity contribution in [2.45, 2.75) is 40.0 Å². The van der Waals surface area contributed by atoms with Gasteiger partial charge in [-0.2, -0.15) is 0 Å². The highest BCUT2D eigenvalue weighted by Crippen LogP contribution is 2.24. The van der Waals surface area contributed by atoms with E-state index >= 15 is 0 Å². The Bertz CT molecular complexity index is 583. The lowest BCUT2D eigenvalue weighted by molar-refractivity contribution is 0.504. The van der Waals surface area contributed by atoms with Crippen LogP contribution in [0.3, 0.4) is 0 Å². The summed E-state index contributed by atoms with van der Waals surface area (Å²) in [5.41, 5.74) is 3.51. The van der Waals surface area contributed by atoms with Crippen molar-refractivity contribution in [3.63, 3.8) is 0 Å². The summed E-state index contributed by atoms with van der Waals surface area (Å²) >= 11 is 0. The molecule has 2 heteroatoms. The lowest BCUT2D eigenvalue weighted by Crippen LogP contribution is -2.10. The molecule has 0 aliphatic rings. The van der Waals surface area contributed by atoms with Crippen LogP contribution in [-0.4, -0.2) is 6.21 Å². The Labute approximate surface area is 115 Å². The molecule has 0 spiro atoms. The lowest BCUT2D eigenvalue weighted by Gasteiger charge is -2.18. The number of hydrogen-bond donors (Lipinski definition) is 0. The molecule has 0 unspecified atom stereocenters. The molecule has 0 fully saturated rings. The van der Waals surface area contributed by atoms with Crippen LogP contribution in [0.1, 0.15) is 43.4 Å². The topological polar surface area (TPSA) is 25.5 Å². The molecule has 0 aliphatic carbocycles. The standard InChI is InChI=1S/C17H21NO/c1-12-10-14(13(2)19-12)11-18-16-8-6-15(7-9-16)17(3,4)5/h6-11H,1-5H3. The van der Waals surface area contributed by atoms with Crippen LogP contribution in [0.5, 0.6) is 0 Å². The first-order valence-corrected chi connectivity index (χ1v) is 6.58. The number of aliphatic imine (C=N–C) groups is 1. The molecular weight excluding hydrogens is 234 g/mol. The first-order valence-electron chi connectivity index (χ1n) is 6.58. The van der Waals surface area contributed by atoms with Crippen molar-refractivity contribution in [2.24, 2.45) is 4.99 Å². The molecule has 1 aromatic carbocycles. The number of nitrogens with zero attached hydrogens (tertiary/aromatic N) is 1. The van der Waals surface area contributed by atoms with Gasteiger partial charge in [-0.1, -0.05) is 32.9 Å². The lowest BCUT2D eigenvalue weighted by atomic mass is 9.87. The molecule has 0 radical (unpaired) electrons. The quantitative estimate of drug-likeness (QED) is 0.697. The number of aryl methyl sites for hydroxylation is 2. The molecule has 19 heavy (non-hydrogen) atoms. The maximum absolute atomic E-state index is 5.48. The van der Waals surface area contributed by atoms with Crippen LogP contribution in [0.4, 0.5) is 5.69 Å². The molecule has 2 rings (SSSR count). The number of benzene rings is 1. The molecule has 0 atom stereocenters. The van der Waals surface area contributed by atoms with Gasteiger partial charge in [-0.05, 0) is 43.0 Å². The summed E-state index contributed by atoms with van der Waals surface area (Å²) in [4.78, 5) is 4.49. The normalized spacial score (nSPS) is 12.3. The Morgan fingerprint density at radius 1 is 1.05 bits per heavy atom. The van der Waals surface area contributed by atoms with Gasteiger partial charge in [0, 0.05) is 11.8 Å². The Hall–Kier alpha value is -1.83. The molecular formula is C17H21NO. The maximum Gasteiger partial charge on any atom is 0.109 e. The van der Waals surface area contributed by atoms with Gasteiger partial charge in [0.2, 0.25) is 0 Å². The molecule has 1 heterocycles. The zero-order valence-electron chi connectivity index (χ0n) is 12.3. The van der Waals surface area contributed by atoms with E-state index in [9.17, 15) is 0 Å². The van der Waals surface area contributed by atoms with Crippen molar-refractivity contribution < 1.29 is 4.42 Å². The van der Waals surface area contributed by atoms with Crippen LogP contribution >= 0.6 is 0 Å². The third kappa shape index (κ3) is 3.34. The second kappa shape index (κ2) is 5.04. The van der Waals surface area contributed by atoms with Gasteiger partial charge in [-0.25, -0.2) is 0 Å². The first kappa shape index (κ1) is 13.6. The van der Waals surface area contributed by atoms with E-state index in [-0.39, 0.29) is 5.41 Å². The van der Waals surface area contributed by atoms with Gasteiger partial charge in [-0.15, -0.1) is 0 Å². The minimum absolute atomic E-state index is 0.181. The largest absolute Gasteiger partial charge is 0.466 e. The molecule has 0 amide bonds. The van der Waals surface area contributed by atoms with E-state index in [1.54, 1.807) is 0 Å². The average molecular weight is 255 g/mol. The van der Waals surface area contributed by atoms with E-state index in [0.717, 1.165) is 22.8 Å². The summed E-state index contributed by atoms with van der Waals surface area (Å²) in [7, 11) is 0. The monoisotopic (exact) mass is 255 g/mol. The molecule has 0 N–H and O–H groups in total. The smallest absolute Gasteiger partial charge is 0.109 e. The van der Waals surface area contributed by atoms with Crippen LogP contribution in [0.25, 0.3) is 0 Å². The zero-order chi connectivity index (χ0) is 14.0. The second-order valence-corrected chi connectivity index (χ2v) is 5.92. The van der Waals surface area contributed by atoms with E-state index in [4.69, 9.17) is 4.42 Å². The summed E-state index contributed by atoms with van der Waals surface area (Å²) in [6, 6.07) is 10.4. The highest BCUT2D eigenvalue weighted by Gasteiger charge is 2.12. The van der Waals surface area contributed by atoms with E-state index < -0.39 is 0 Å². The van der Waals surface area contributed by atoms with Gasteiger partial charge in [0.05, 0.1) is 5.69 Å². The van der Waals surface area contributed by atoms with Crippen LogP contribution in [0, 0.1) is 13.8 Å². The highest BCUT2D eigenvalue weighted by atomic mass is 16.3. The first-order chi connectivity index (χ1) is 8.86. The minimum Gasteiger partial charge on any atom is -0.466 e. The van der Waals surface area contributed by atoms with Crippen molar-refractivity contribution in [1.29, 1.82) is 0 Å². The molecule has 0 saturated heterocycles. The fourth-order valence-corrected chi connectivity index (χ4v) is 1.97. The van der Waals surface area contributed by atoms with Crippen LogP contribution < -0.4 is 0 Å². The van der Waals surface area contributed by atoms with Crippen molar-refractivity contribution in [3.05, 3.63) is 53.0 Å². The number of rotatable bonds is 2. The summed E-state index contributed by atoms with van der Waals surface area (Å²) in [6.07, 6.45) is 1.86. The Kier molecular flexibility index (Phi) is 3.61. The van der Waals surface area contributed by atoms with E-state index in [1.807, 2.05) is 26.1 Å². The summed E-state index contributed by atoms with van der Waals surface area (Å²) in [5.74, 6) is 1.83. The van der Waals surface area contributed by atoms with Crippen molar-refractivity contribution >= 4 is 11.9 Å². The maximum atomic E-state index is 5.48. The molecule has 100 valence electrons. The van der Waals surface area contributed by atoms with Crippen LogP contribution in [0.2, 0.25) is 0 Å². The minimum atomic E-state index is 0.181. The third-order valence-electron chi connectivity index (χ3n) is 3.17. The SMILES string of the molecule is Cc1cc(C=Nc2ccc(C(C)(C)C)cc2)c(C)o1. The Balaban J connectivity index is 2.18. The number of furan rings is 1. The fraction of sp³-hybridized carbons (Fsp3) is 0.353. The molecule has 0 aliphatic heterocycles. The zero-order valence-corrected chi connectivity index (χ0v) is 12.3. The van der Waals surface area contributed by atoms with Crippen molar-refractivity contribution in [3.8, 4) is 0 Å². The van der Waals surface area contributed by atoms with Crippen LogP contribution in [0.15, 0.2) is 39.7 Å². The predicted octanol–water partition coefficient (Wildman–Crippen LogP) is 4.94. The highest BCUT2D eigenvalue weighted by molar-refractivity contribution is 5.83. The molecule has 0 bridgehead atoms. The molecule has 0 saturated carbocycles. The summed E-state index contributed by atoms with van der Waals surface area (Å²) in [6.45, 7) is 10.5. The van der Waals surface area contributed by atoms with E-state index in [1.165, 1.54) is 5.56 Å². The van der Waals surface area contributed by atoms with Crippen LogP contribution in [-0.2, 0) is 5.41 Å². The van der Waals surface area contributed by atoms with Gasteiger partial charge in [0.25, 0.3) is 0 Å². The summed E-state index contributed by atoms with van der Waals surface area (Å²) in [5, 5.41) is 0. The third-order valence-corrected chi connectivity index (χ3v) is 3.17. The predicted molar refractivity (Wildman–Crippen MR) is 80.6 cm³/mol. The molecule has 2 aromatic rings. The van der Waals surface area contributed by atoms with Gasteiger partial charge in [-0.3, -0.25) is 4.99 Å². The molecule has 1 aromatic heterocycles. The average Bonchev–Trinajstić information content (AvgIpc) is 2.65. The second-order valence-electron chi connectivity index (χ2n) is 5.92. The fourth-order valence-electron chi connectivity index (χ4n) is 1.97. The van der Waals surface area contributed by atoms with Gasteiger partial charge in [0.15, 0.2) is 0 Å². The van der Waals surface area contributed by atoms with Gasteiger partial charge in [0.1, 0.15) is 11.5 Å². The van der Waals surface area contributed by atoms with Gasteiger partial charge < -0.3 is 4.42 Å². The van der Waals surface area contributed by atoms with Gasteiger partial charge >= 0.3 is 0 Å². The van der Waals surface area contributed by atoms with Crippen molar-refractivity contribution in [1.82, 2.24) is 0 Å². The Morgan fingerprint density at radius 2 is 1.68 bits per heavy atom. The van der Waals surface area contributed by atoms with E-state index in [2.05, 4.69) is 50.0 Å².